The quantitative estimate of drug-likeness (QED) is 0.367. The van der Waals surface area contributed by atoms with Gasteiger partial charge in [-0.2, -0.15) is 8.78 Å². The molecule has 0 aromatic carbocycles. The van der Waals surface area contributed by atoms with Crippen molar-refractivity contribution in [3.8, 4) is 0 Å². The largest absolute Gasteiger partial charge is 0.574 e. The molecule has 0 aliphatic heterocycles. The zero-order valence-electron chi connectivity index (χ0n) is 6.01. The van der Waals surface area contributed by atoms with Crippen molar-refractivity contribution in [3.63, 3.8) is 0 Å². The molecule has 0 saturated heterocycles. The molecule has 0 atom stereocenters. The first kappa shape index (κ1) is 10.9. The van der Waals surface area contributed by atoms with Crippen molar-refractivity contribution < 1.29 is 26.7 Å². The van der Waals surface area contributed by atoms with Gasteiger partial charge in [-0.15, -0.1) is 13.2 Å². The standard InChI is InChI=1S/C6H5F5O/c1-3(2)4(7)5(8)12-6(9,10)11/h1H2,2H3/b5-4+. The van der Waals surface area contributed by atoms with Gasteiger partial charge in [0.2, 0.25) is 0 Å². The monoisotopic (exact) mass is 188 g/mol. The van der Waals surface area contributed by atoms with Crippen molar-refractivity contribution in [1.29, 1.82) is 0 Å². The average molecular weight is 188 g/mol. The summed E-state index contributed by atoms with van der Waals surface area (Å²) in [7, 11) is 0. The highest BCUT2D eigenvalue weighted by atomic mass is 19.4. The van der Waals surface area contributed by atoms with E-state index in [4.69, 9.17) is 0 Å². The molecule has 0 radical (unpaired) electrons. The van der Waals surface area contributed by atoms with Gasteiger partial charge < -0.3 is 4.74 Å². The van der Waals surface area contributed by atoms with Crippen molar-refractivity contribution in [2.75, 3.05) is 0 Å². The summed E-state index contributed by atoms with van der Waals surface area (Å²) in [4.78, 5) is 0. The van der Waals surface area contributed by atoms with Crippen LogP contribution >= 0.6 is 0 Å². The number of alkyl halides is 3. The second-order valence-corrected chi connectivity index (χ2v) is 1.92. The van der Waals surface area contributed by atoms with Crippen molar-refractivity contribution in [3.05, 3.63) is 24.0 Å². The first-order valence-corrected chi connectivity index (χ1v) is 2.71. The molecule has 1 nitrogen and oxygen atoms in total. The number of ether oxygens (including phenoxy) is 1. The van der Waals surface area contributed by atoms with Crippen LogP contribution in [0.3, 0.4) is 0 Å². The Morgan fingerprint density at radius 2 is 1.67 bits per heavy atom. The molecule has 0 spiro atoms. The fraction of sp³-hybridized carbons (Fsp3) is 0.333. The molecule has 0 fully saturated rings. The molecule has 12 heavy (non-hydrogen) atoms. The van der Waals surface area contributed by atoms with E-state index in [9.17, 15) is 22.0 Å². The van der Waals surface area contributed by atoms with E-state index in [0.717, 1.165) is 6.92 Å². The highest BCUT2D eigenvalue weighted by Gasteiger charge is 2.33. The maximum absolute atomic E-state index is 12.2. The number of halogens is 5. The number of rotatable bonds is 2. The van der Waals surface area contributed by atoms with Crippen molar-refractivity contribution in [2.45, 2.75) is 13.3 Å². The molecule has 0 amide bonds. The minimum absolute atomic E-state index is 0.475. The molecule has 0 N–H and O–H groups in total. The summed E-state index contributed by atoms with van der Waals surface area (Å²) in [5, 5.41) is 0. The van der Waals surface area contributed by atoms with E-state index in [0.29, 0.717) is 0 Å². The van der Waals surface area contributed by atoms with E-state index in [1.54, 1.807) is 0 Å². The summed E-state index contributed by atoms with van der Waals surface area (Å²) >= 11 is 0. The third-order valence-corrected chi connectivity index (χ3v) is 0.753. The van der Waals surface area contributed by atoms with Crippen LogP contribution in [0.15, 0.2) is 24.0 Å². The van der Waals surface area contributed by atoms with Crippen LogP contribution in [0.4, 0.5) is 22.0 Å². The molecule has 0 aromatic heterocycles. The molecule has 0 rings (SSSR count). The minimum Gasteiger partial charge on any atom is -0.376 e. The van der Waals surface area contributed by atoms with Crippen LogP contribution < -0.4 is 0 Å². The predicted molar refractivity (Wildman–Crippen MR) is 31.2 cm³/mol. The van der Waals surface area contributed by atoms with Gasteiger partial charge in [-0.25, -0.2) is 0 Å². The summed E-state index contributed by atoms with van der Waals surface area (Å²) < 4.78 is 60.6. The molecule has 0 bridgehead atoms. The summed E-state index contributed by atoms with van der Waals surface area (Å²) in [6.07, 6.45) is -5.23. The van der Waals surface area contributed by atoms with Crippen molar-refractivity contribution in [2.24, 2.45) is 0 Å². The second kappa shape index (κ2) is 3.55. The molecule has 70 valence electrons. The fourth-order valence-corrected chi connectivity index (χ4v) is 0.314. The lowest BCUT2D eigenvalue weighted by Gasteiger charge is -2.06. The Labute approximate surface area is 65.1 Å². The predicted octanol–water partition coefficient (Wildman–Crippen LogP) is 3.21. The zero-order valence-corrected chi connectivity index (χ0v) is 6.01. The lowest BCUT2D eigenvalue weighted by atomic mass is 10.3. The summed E-state index contributed by atoms with van der Waals surface area (Å²) in [5.41, 5.74) is -0.475. The highest BCUT2D eigenvalue weighted by molar-refractivity contribution is 5.19. The Balaban J connectivity index is 4.49. The van der Waals surface area contributed by atoms with Crippen LogP contribution in [0.1, 0.15) is 6.92 Å². The van der Waals surface area contributed by atoms with Crippen LogP contribution in [0.5, 0.6) is 0 Å². The molecule has 0 aliphatic carbocycles. The zero-order chi connectivity index (χ0) is 9.94. The van der Waals surface area contributed by atoms with E-state index in [1.807, 2.05) is 0 Å². The molecule has 0 aromatic rings. The van der Waals surface area contributed by atoms with Crippen molar-refractivity contribution in [1.82, 2.24) is 0 Å². The van der Waals surface area contributed by atoms with Gasteiger partial charge in [0.1, 0.15) is 0 Å². The third-order valence-electron chi connectivity index (χ3n) is 0.753. The van der Waals surface area contributed by atoms with Gasteiger partial charge in [0.25, 0.3) is 0 Å². The summed E-state index contributed by atoms with van der Waals surface area (Å²) in [6.45, 7) is 3.89. The lowest BCUT2D eigenvalue weighted by Crippen LogP contribution is -2.12. The van der Waals surface area contributed by atoms with Crippen LogP contribution in [0.25, 0.3) is 0 Å². The van der Waals surface area contributed by atoms with Gasteiger partial charge in [0, 0.05) is 0 Å². The van der Waals surface area contributed by atoms with Gasteiger partial charge in [-0.05, 0) is 12.5 Å². The lowest BCUT2D eigenvalue weighted by molar-refractivity contribution is -0.314. The van der Waals surface area contributed by atoms with Crippen LogP contribution in [-0.4, -0.2) is 6.36 Å². The molecule has 0 saturated carbocycles. The second-order valence-electron chi connectivity index (χ2n) is 1.92. The van der Waals surface area contributed by atoms with Crippen LogP contribution in [0.2, 0.25) is 0 Å². The third kappa shape index (κ3) is 3.95. The number of hydrogen-bond acceptors (Lipinski definition) is 1. The Kier molecular flexibility index (Phi) is 3.24. The van der Waals surface area contributed by atoms with E-state index < -0.39 is 23.8 Å². The van der Waals surface area contributed by atoms with E-state index in [-0.39, 0.29) is 0 Å². The molecule has 6 heteroatoms. The maximum atomic E-state index is 12.2. The Bertz CT molecular complexity index is 214. The van der Waals surface area contributed by atoms with Crippen LogP contribution in [0, 0.1) is 0 Å². The van der Waals surface area contributed by atoms with Gasteiger partial charge in [0.05, 0.1) is 0 Å². The molecule has 0 aliphatic rings. The van der Waals surface area contributed by atoms with Gasteiger partial charge in [-0.3, -0.25) is 0 Å². The van der Waals surface area contributed by atoms with Gasteiger partial charge in [0.15, 0.2) is 5.83 Å². The summed E-state index contributed by atoms with van der Waals surface area (Å²) in [5.74, 6) is -1.74. The molecular formula is C6H5F5O. The Morgan fingerprint density at radius 3 is 1.92 bits per heavy atom. The molecule has 0 unspecified atom stereocenters. The van der Waals surface area contributed by atoms with Crippen LogP contribution in [-0.2, 0) is 4.74 Å². The fourth-order valence-electron chi connectivity index (χ4n) is 0.314. The molecule has 0 heterocycles. The normalized spacial score (nSPS) is 13.8. The SMILES string of the molecule is C=C(C)/C(F)=C(/F)OC(F)(F)F. The van der Waals surface area contributed by atoms with E-state index in [2.05, 4.69) is 11.3 Å². The maximum Gasteiger partial charge on any atom is 0.574 e. The first-order valence-electron chi connectivity index (χ1n) is 2.71. The smallest absolute Gasteiger partial charge is 0.376 e. The minimum atomic E-state index is -5.23. The van der Waals surface area contributed by atoms with Crippen molar-refractivity contribution >= 4 is 0 Å². The topological polar surface area (TPSA) is 9.23 Å². The summed E-state index contributed by atoms with van der Waals surface area (Å²) in [6, 6.07) is -2.32. The van der Waals surface area contributed by atoms with Gasteiger partial charge in [-0.1, -0.05) is 6.58 Å². The van der Waals surface area contributed by atoms with E-state index in [1.165, 1.54) is 0 Å². The van der Waals surface area contributed by atoms with Gasteiger partial charge >= 0.3 is 12.4 Å². The first-order chi connectivity index (χ1) is 5.24. The number of allylic oxidation sites excluding steroid dienone is 2. The Hall–Kier alpha value is -1.07. The molecular weight excluding hydrogens is 183 g/mol. The van der Waals surface area contributed by atoms with E-state index >= 15 is 0 Å². The number of hydrogen-bond donors (Lipinski definition) is 0. The highest BCUT2D eigenvalue weighted by Crippen LogP contribution is 2.25. The average Bonchev–Trinajstić information content (AvgIpc) is 1.82. The Morgan fingerprint density at radius 1 is 1.25 bits per heavy atom.